The lowest BCUT2D eigenvalue weighted by atomic mass is 10.0. The number of rotatable bonds is 5. The van der Waals surface area contributed by atoms with Crippen LogP contribution in [0.1, 0.15) is 16.8 Å². The highest BCUT2D eigenvalue weighted by molar-refractivity contribution is 7.90. The van der Waals surface area contributed by atoms with E-state index < -0.39 is 53.1 Å². The van der Waals surface area contributed by atoms with Crippen LogP contribution in [0.15, 0.2) is 59.6 Å². The number of carbonyl (C=O) groups excluding carboxylic acids is 2. The molecule has 1 atom stereocenters. The number of carbonyl (C=O) groups is 2. The average Bonchev–Trinajstić information content (AvgIpc) is 3.15. The Morgan fingerprint density at radius 3 is 2.51 bits per heavy atom. The fraction of sp³-hybridized carbons (Fsp3) is 0.250. The summed E-state index contributed by atoms with van der Waals surface area (Å²) in [5, 5.41) is 12.0. The molecule has 11 heteroatoms. The van der Waals surface area contributed by atoms with Crippen molar-refractivity contribution in [2.24, 2.45) is 0 Å². The van der Waals surface area contributed by atoms with Gasteiger partial charge in [0.2, 0.25) is 5.91 Å². The molecule has 1 aliphatic rings. The minimum Gasteiger partial charge on any atom is -0.343 e. The first-order valence-electron chi connectivity index (χ1n) is 10.5. The van der Waals surface area contributed by atoms with Crippen LogP contribution < -0.4 is 5.32 Å². The molecular formula is C24H20F2N4O4S. The number of hydrogen-bond donors (Lipinski definition) is 1. The Bertz CT molecular complexity index is 1470. The molecule has 1 fully saturated rings. The van der Waals surface area contributed by atoms with Crippen LogP contribution >= 0.6 is 0 Å². The normalized spacial score (nSPS) is 17.2. The quantitative estimate of drug-likeness (QED) is 0.578. The summed E-state index contributed by atoms with van der Waals surface area (Å²) in [5.41, 5.74) is 2.18. The molecule has 2 aromatic carbocycles. The number of sulfone groups is 1. The van der Waals surface area contributed by atoms with E-state index in [-0.39, 0.29) is 10.5 Å². The summed E-state index contributed by atoms with van der Waals surface area (Å²) < 4.78 is 50.6. The molecule has 180 valence electrons. The maximum atomic E-state index is 13.6. The lowest BCUT2D eigenvalue weighted by Crippen LogP contribution is -2.43. The van der Waals surface area contributed by atoms with E-state index in [1.165, 1.54) is 24.4 Å². The van der Waals surface area contributed by atoms with Gasteiger partial charge in [0.25, 0.3) is 11.8 Å². The second kappa shape index (κ2) is 9.03. The number of alkyl halides is 2. The molecule has 0 aliphatic carbocycles. The fourth-order valence-corrected chi connectivity index (χ4v) is 4.60. The predicted octanol–water partition coefficient (Wildman–Crippen LogP) is 2.79. The minimum absolute atomic E-state index is 0.183. The first-order valence-corrected chi connectivity index (χ1v) is 12.4. The van der Waals surface area contributed by atoms with Gasteiger partial charge in [0.1, 0.15) is 6.04 Å². The zero-order valence-corrected chi connectivity index (χ0v) is 19.4. The number of benzene rings is 2. The van der Waals surface area contributed by atoms with Crippen molar-refractivity contribution in [1.29, 1.82) is 5.26 Å². The molecular weight excluding hydrogens is 478 g/mol. The van der Waals surface area contributed by atoms with E-state index in [1.54, 1.807) is 36.4 Å². The molecule has 1 aliphatic heterocycles. The molecule has 0 bridgehead atoms. The number of aromatic nitrogens is 1. The zero-order valence-electron chi connectivity index (χ0n) is 18.5. The van der Waals surface area contributed by atoms with Gasteiger partial charge in [-0.15, -0.1) is 0 Å². The second-order valence-corrected chi connectivity index (χ2v) is 10.3. The highest BCUT2D eigenvalue weighted by atomic mass is 32.2. The molecule has 0 radical (unpaired) electrons. The molecule has 4 rings (SSSR count). The average molecular weight is 499 g/mol. The van der Waals surface area contributed by atoms with Gasteiger partial charge >= 0.3 is 0 Å². The molecule has 0 unspecified atom stereocenters. The summed E-state index contributed by atoms with van der Waals surface area (Å²) in [6.45, 7) is -1.40. The van der Waals surface area contributed by atoms with Gasteiger partial charge in [0.15, 0.2) is 9.84 Å². The van der Waals surface area contributed by atoms with E-state index in [9.17, 15) is 26.8 Å². The third-order valence-corrected chi connectivity index (χ3v) is 6.87. The second-order valence-electron chi connectivity index (χ2n) is 8.30. The number of hydrogen-bond acceptors (Lipinski definition) is 6. The Morgan fingerprint density at radius 1 is 1.17 bits per heavy atom. The van der Waals surface area contributed by atoms with Crippen LogP contribution in [0.2, 0.25) is 0 Å². The van der Waals surface area contributed by atoms with E-state index >= 15 is 0 Å². The van der Waals surface area contributed by atoms with Gasteiger partial charge in [-0.3, -0.25) is 14.6 Å². The van der Waals surface area contributed by atoms with E-state index in [2.05, 4.69) is 10.3 Å². The molecule has 1 aromatic heterocycles. The largest absolute Gasteiger partial charge is 0.343 e. The molecule has 1 saturated heterocycles. The Hall–Kier alpha value is -3.91. The molecule has 8 nitrogen and oxygen atoms in total. The summed E-state index contributed by atoms with van der Waals surface area (Å²) in [6.07, 6.45) is 1.83. The Labute approximate surface area is 200 Å². The Morgan fingerprint density at radius 2 is 1.86 bits per heavy atom. The third-order valence-electron chi connectivity index (χ3n) is 5.74. The monoisotopic (exact) mass is 498 g/mol. The van der Waals surface area contributed by atoms with Crippen LogP contribution in [-0.2, 0) is 14.6 Å². The topological polar surface area (TPSA) is 120 Å². The van der Waals surface area contributed by atoms with Crippen molar-refractivity contribution in [3.63, 3.8) is 0 Å². The van der Waals surface area contributed by atoms with Gasteiger partial charge in [0, 0.05) is 24.3 Å². The van der Waals surface area contributed by atoms with Gasteiger partial charge in [0.05, 0.1) is 35.1 Å². The molecule has 2 heterocycles. The van der Waals surface area contributed by atoms with Crippen molar-refractivity contribution in [2.45, 2.75) is 23.3 Å². The summed E-state index contributed by atoms with van der Waals surface area (Å²) in [7, 11) is -3.34. The first-order chi connectivity index (χ1) is 16.5. The maximum absolute atomic E-state index is 13.6. The number of nitriles is 1. The van der Waals surface area contributed by atoms with E-state index in [1.807, 2.05) is 0 Å². The zero-order chi connectivity index (χ0) is 25.4. The van der Waals surface area contributed by atoms with Gasteiger partial charge < -0.3 is 10.2 Å². The minimum atomic E-state index is -3.34. The number of nitrogens with zero attached hydrogens (tertiary/aromatic N) is 3. The Balaban J connectivity index is 1.56. The fourth-order valence-electron chi connectivity index (χ4n) is 3.97. The van der Waals surface area contributed by atoms with Crippen LogP contribution in [0.3, 0.4) is 0 Å². The maximum Gasteiger partial charge on any atom is 0.268 e. The van der Waals surface area contributed by atoms with Crippen LogP contribution in [0, 0.1) is 11.3 Å². The molecule has 0 spiro atoms. The lowest BCUT2D eigenvalue weighted by Gasteiger charge is -2.19. The first kappa shape index (κ1) is 24.2. The smallest absolute Gasteiger partial charge is 0.268 e. The van der Waals surface area contributed by atoms with Crippen LogP contribution in [0.25, 0.3) is 22.0 Å². The highest BCUT2D eigenvalue weighted by Crippen LogP contribution is 2.31. The summed E-state index contributed by atoms with van der Waals surface area (Å²) in [5.74, 6) is -4.51. The molecule has 3 aromatic rings. The number of pyridine rings is 1. The molecule has 0 saturated carbocycles. The van der Waals surface area contributed by atoms with Crippen LogP contribution in [-0.4, -0.2) is 61.4 Å². The Kier molecular flexibility index (Phi) is 6.25. The van der Waals surface area contributed by atoms with Crippen molar-refractivity contribution in [3.8, 4) is 17.2 Å². The van der Waals surface area contributed by atoms with Crippen molar-refractivity contribution in [3.05, 3.63) is 60.3 Å². The number of fused-ring (bicyclic) bond motifs is 1. The van der Waals surface area contributed by atoms with Crippen molar-refractivity contribution in [2.75, 3.05) is 19.3 Å². The van der Waals surface area contributed by atoms with E-state index in [0.29, 0.717) is 16.5 Å². The molecule has 1 N–H and O–H groups in total. The van der Waals surface area contributed by atoms with Crippen LogP contribution in [0.4, 0.5) is 8.78 Å². The van der Waals surface area contributed by atoms with Crippen molar-refractivity contribution >= 4 is 32.6 Å². The number of halogens is 2. The molecule has 35 heavy (non-hydrogen) atoms. The number of likely N-dealkylation sites (tertiary alicyclic amines) is 1. The van der Waals surface area contributed by atoms with Gasteiger partial charge in [-0.25, -0.2) is 17.2 Å². The summed E-state index contributed by atoms with van der Waals surface area (Å²) >= 11 is 0. The summed E-state index contributed by atoms with van der Waals surface area (Å²) in [6, 6.07) is 13.4. The van der Waals surface area contributed by atoms with Crippen LogP contribution in [0.5, 0.6) is 0 Å². The van der Waals surface area contributed by atoms with Crippen molar-refractivity contribution in [1.82, 2.24) is 15.2 Å². The standard InChI is InChI=1S/C24H20F2N4O4S/c1-35(33,34)18-5-2-15(3-6-18)16-4-7-21-20(10-16)19(8-9-28-21)23(32)29-13-22(31)30-14-24(25,26)11-17(30)12-27/h2-10,17H,11,13-14H2,1H3,(H,29,32)/t17-/m0/s1. The lowest BCUT2D eigenvalue weighted by molar-refractivity contribution is -0.131. The predicted molar refractivity (Wildman–Crippen MR) is 123 cm³/mol. The van der Waals surface area contributed by atoms with Gasteiger partial charge in [-0.1, -0.05) is 18.2 Å². The van der Waals surface area contributed by atoms with E-state index in [4.69, 9.17) is 5.26 Å². The SMILES string of the molecule is CS(=O)(=O)c1ccc(-c2ccc3nccc(C(=O)NCC(=O)N4CC(F)(F)C[C@H]4C#N)c3c2)cc1. The molecule has 2 amide bonds. The number of amides is 2. The highest BCUT2D eigenvalue weighted by Gasteiger charge is 2.47. The van der Waals surface area contributed by atoms with Gasteiger partial charge in [-0.05, 0) is 41.5 Å². The van der Waals surface area contributed by atoms with E-state index in [0.717, 1.165) is 16.7 Å². The third kappa shape index (κ3) is 5.12. The summed E-state index contributed by atoms with van der Waals surface area (Å²) in [4.78, 5) is 30.5. The number of nitrogens with one attached hydrogen (secondary N) is 1. The van der Waals surface area contributed by atoms with Crippen molar-refractivity contribution < 1.29 is 26.8 Å². The van der Waals surface area contributed by atoms with Gasteiger partial charge in [-0.2, -0.15) is 5.26 Å².